The lowest BCUT2D eigenvalue weighted by Crippen LogP contribution is -1.99. The minimum Gasteiger partial charge on any atom is -0.381 e. The molecule has 0 N–H and O–H groups in total. The Morgan fingerprint density at radius 3 is 2.53 bits per heavy atom. The van der Waals surface area contributed by atoms with E-state index in [1.807, 2.05) is 0 Å². The van der Waals surface area contributed by atoms with Crippen molar-refractivity contribution >= 4 is 0 Å². The molecule has 0 aromatic carbocycles. The van der Waals surface area contributed by atoms with E-state index in [1.165, 1.54) is 12.8 Å². The second-order valence-corrected chi connectivity index (χ2v) is 5.12. The Labute approximate surface area is 110 Å². The third-order valence-electron chi connectivity index (χ3n) is 3.60. The minimum atomic E-state index is 0.254. The lowest BCUT2D eigenvalue weighted by Gasteiger charge is -1.98. The molecule has 1 aliphatic carbocycles. The van der Waals surface area contributed by atoms with Crippen molar-refractivity contribution in [3.05, 3.63) is 24.0 Å². The van der Waals surface area contributed by atoms with Gasteiger partial charge in [0.2, 0.25) is 0 Å². The third kappa shape index (κ3) is 2.12. The van der Waals surface area contributed by atoms with Crippen molar-refractivity contribution in [1.29, 1.82) is 0 Å². The van der Waals surface area contributed by atoms with E-state index in [1.54, 1.807) is 12.4 Å². The molecule has 3 heterocycles. The quantitative estimate of drug-likeness (QED) is 0.837. The fourth-order valence-corrected chi connectivity index (χ4v) is 2.26. The molecule has 98 valence electrons. The van der Waals surface area contributed by atoms with Crippen LogP contribution in [0.25, 0.3) is 11.5 Å². The minimum absolute atomic E-state index is 0.254. The van der Waals surface area contributed by atoms with Gasteiger partial charge in [-0.05, 0) is 19.3 Å². The molecule has 1 saturated carbocycles. The van der Waals surface area contributed by atoms with Crippen LogP contribution in [0.1, 0.15) is 42.7 Å². The molecule has 0 spiro atoms. The SMILES string of the molecule is c1nc(C2CC2)ncc1-c1nc([C@H]2CCOC2)no1. The number of aromatic nitrogens is 4. The highest BCUT2D eigenvalue weighted by atomic mass is 16.5. The van der Waals surface area contributed by atoms with Gasteiger partial charge in [0.1, 0.15) is 5.82 Å². The van der Waals surface area contributed by atoms with Crippen LogP contribution in [0.15, 0.2) is 16.9 Å². The van der Waals surface area contributed by atoms with E-state index < -0.39 is 0 Å². The van der Waals surface area contributed by atoms with Gasteiger partial charge in [-0.2, -0.15) is 4.98 Å². The third-order valence-corrected chi connectivity index (χ3v) is 3.60. The molecule has 2 aliphatic rings. The smallest absolute Gasteiger partial charge is 0.261 e. The molecular weight excluding hydrogens is 244 g/mol. The van der Waals surface area contributed by atoms with Gasteiger partial charge in [0, 0.05) is 30.8 Å². The summed E-state index contributed by atoms with van der Waals surface area (Å²) in [5, 5.41) is 4.02. The second kappa shape index (κ2) is 4.38. The van der Waals surface area contributed by atoms with Crippen LogP contribution in [0, 0.1) is 0 Å². The molecule has 0 amide bonds. The highest BCUT2D eigenvalue weighted by molar-refractivity contribution is 5.49. The molecule has 1 saturated heterocycles. The Hall–Kier alpha value is -1.82. The Balaban J connectivity index is 1.57. The zero-order valence-electron chi connectivity index (χ0n) is 10.5. The largest absolute Gasteiger partial charge is 0.381 e. The summed E-state index contributed by atoms with van der Waals surface area (Å²) in [7, 11) is 0. The maximum absolute atomic E-state index is 5.33. The van der Waals surface area contributed by atoms with Gasteiger partial charge in [-0.25, -0.2) is 9.97 Å². The van der Waals surface area contributed by atoms with Crippen LogP contribution >= 0.6 is 0 Å². The fraction of sp³-hybridized carbons (Fsp3) is 0.538. The first-order valence-electron chi connectivity index (χ1n) is 6.64. The number of ether oxygens (including phenoxy) is 1. The van der Waals surface area contributed by atoms with Gasteiger partial charge >= 0.3 is 0 Å². The highest BCUT2D eigenvalue weighted by Gasteiger charge is 2.27. The van der Waals surface area contributed by atoms with Gasteiger partial charge in [-0.3, -0.25) is 0 Å². The predicted molar refractivity (Wildman–Crippen MR) is 65.5 cm³/mol. The lowest BCUT2D eigenvalue weighted by atomic mass is 10.1. The summed E-state index contributed by atoms with van der Waals surface area (Å²) in [6.45, 7) is 1.45. The Kier molecular flexibility index (Phi) is 2.55. The van der Waals surface area contributed by atoms with E-state index in [-0.39, 0.29) is 5.92 Å². The van der Waals surface area contributed by atoms with Crippen molar-refractivity contribution in [3.63, 3.8) is 0 Å². The Morgan fingerprint density at radius 2 is 1.84 bits per heavy atom. The average Bonchev–Trinajstić information content (AvgIpc) is 2.96. The summed E-state index contributed by atoms with van der Waals surface area (Å²) in [5.41, 5.74) is 0.780. The number of nitrogens with zero attached hydrogens (tertiary/aromatic N) is 4. The van der Waals surface area contributed by atoms with E-state index in [2.05, 4.69) is 20.1 Å². The molecule has 1 aliphatic heterocycles. The Bertz CT molecular complexity index is 571. The maximum atomic E-state index is 5.33. The van der Waals surface area contributed by atoms with E-state index in [0.29, 0.717) is 18.4 Å². The van der Waals surface area contributed by atoms with Crippen molar-refractivity contribution in [1.82, 2.24) is 20.1 Å². The van der Waals surface area contributed by atoms with Crippen molar-refractivity contribution < 1.29 is 9.26 Å². The first kappa shape index (κ1) is 11.0. The standard InChI is InChI=1S/C13H14N4O2/c1-2-8(1)11-14-5-10(6-15-11)13-16-12(17-19-13)9-3-4-18-7-9/h5-6,8-9H,1-4,7H2/t9-/m0/s1. The van der Waals surface area contributed by atoms with Gasteiger partial charge in [0.15, 0.2) is 5.82 Å². The zero-order chi connectivity index (χ0) is 12.7. The summed E-state index contributed by atoms with van der Waals surface area (Å²) in [6, 6.07) is 0. The van der Waals surface area contributed by atoms with Crippen LogP contribution in [-0.2, 0) is 4.74 Å². The van der Waals surface area contributed by atoms with Crippen molar-refractivity contribution in [2.24, 2.45) is 0 Å². The van der Waals surface area contributed by atoms with Crippen LogP contribution in [-0.4, -0.2) is 33.3 Å². The van der Waals surface area contributed by atoms with E-state index in [0.717, 1.165) is 30.2 Å². The predicted octanol–water partition coefficient (Wildman–Crippen LogP) is 1.91. The van der Waals surface area contributed by atoms with Crippen LogP contribution in [0.3, 0.4) is 0 Å². The van der Waals surface area contributed by atoms with Crippen molar-refractivity contribution in [2.75, 3.05) is 13.2 Å². The van der Waals surface area contributed by atoms with Gasteiger partial charge in [-0.15, -0.1) is 0 Å². The summed E-state index contributed by atoms with van der Waals surface area (Å²) in [6.07, 6.45) is 6.89. The number of hydrogen-bond donors (Lipinski definition) is 0. The van der Waals surface area contributed by atoms with E-state index in [9.17, 15) is 0 Å². The summed E-state index contributed by atoms with van der Waals surface area (Å²) < 4.78 is 10.6. The molecule has 2 aromatic heterocycles. The normalized spacial score (nSPS) is 22.8. The van der Waals surface area contributed by atoms with Crippen molar-refractivity contribution in [3.8, 4) is 11.5 Å². The molecule has 2 fully saturated rings. The molecule has 19 heavy (non-hydrogen) atoms. The average molecular weight is 258 g/mol. The fourth-order valence-electron chi connectivity index (χ4n) is 2.26. The first-order valence-corrected chi connectivity index (χ1v) is 6.64. The summed E-state index contributed by atoms with van der Waals surface area (Å²) in [4.78, 5) is 13.1. The van der Waals surface area contributed by atoms with E-state index in [4.69, 9.17) is 9.26 Å². The number of hydrogen-bond acceptors (Lipinski definition) is 6. The van der Waals surface area contributed by atoms with Crippen LogP contribution in [0.4, 0.5) is 0 Å². The van der Waals surface area contributed by atoms with Gasteiger partial charge in [0.05, 0.1) is 12.2 Å². The highest BCUT2D eigenvalue weighted by Crippen LogP contribution is 2.37. The Morgan fingerprint density at radius 1 is 1.00 bits per heavy atom. The van der Waals surface area contributed by atoms with Gasteiger partial charge < -0.3 is 9.26 Å². The molecule has 4 rings (SSSR count). The lowest BCUT2D eigenvalue weighted by molar-refractivity contribution is 0.192. The second-order valence-electron chi connectivity index (χ2n) is 5.12. The van der Waals surface area contributed by atoms with Gasteiger partial charge in [0.25, 0.3) is 5.89 Å². The van der Waals surface area contributed by atoms with Crippen molar-refractivity contribution in [2.45, 2.75) is 31.1 Å². The van der Waals surface area contributed by atoms with E-state index >= 15 is 0 Å². The molecule has 0 unspecified atom stereocenters. The molecule has 2 aromatic rings. The summed E-state index contributed by atoms with van der Waals surface area (Å²) in [5.74, 6) is 2.95. The molecular formula is C13H14N4O2. The van der Waals surface area contributed by atoms with Crippen LogP contribution < -0.4 is 0 Å². The summed E-state index contributed by atoms with van der Waals surface area (Å²) >= 11 is 0. The monoisotopic (exact) mass is 258 g/mol. The molecule has 1 atom stereocenters. The molecule has 6 heteroatoms. The van der Waals surface area contributed by atoms with Crippen LogP contribution in [0.5, 0.6) is 0 Å². The topological polar surface area (TPSA) is 73.9 Å². The molecule has 0 radical (unpaired) electrons. The number of rotatable bonds is 3. The zero-order valence-corrected chi connectivity index (χ0v) is 10.5. The maximum Gasteiger partial charge on any atom is 0.261 e. The molecule has 0 bridgehead atoms. The molecule has 6 nitrogen and oxygen atoms in total. The van der Waals surface area contributed by atoms with Gasteiger partial charge in [-0.1, -0.05) is 5.16 Å². The first-order chi connectivity index (χ1) is 9.40. The van der Waals surface area contributed by atoms with Crippen LogP contribution in [0.2, 0.25) is 0 Å².